The van der Waals surface area contributed by atoms with Gasteiger partial charge in [-0.3, -0.25) is 14.7 Å². The van der Waals surface area contributed by atoms with E-state index in [1.807, 2.05) is 44.2 Å². The van der Waals surface area contributed by atoms with Crippen LogP contribution in [0.3, 0.4) is 0 Å². The number of aromatic amines is 1. The number of carbonyl (C=O) groups is 2. The van der Waals surface area contributed by atoms with Crippen molar-refractivity contribution in [1.82, 2.24) is 20.5 Å². The van der Waals surface area contributed by atoms with Crippen molar-refractivity contribution in [2.45, 2.75) is 32.4 Å². The van der Waals surface area contributed by atoms with Gasteiger partial charge in [-0.2, -0.15) is 5.10 Å². The van der Waals surface area contributed by atoms with Gasteiger partial charge >= 0.3 is 0 Å². The van der Waals surface area contributed by atoms with E-state index < -0.39 is 6.04 Å². The number of anilines is 1. The summed E-state index contributed by atoms with van der Waals surface area (Å²) < 4.78 is 0. The number of carbonyl (C=O) groups excluding carboxylic acids is 2. The Morgan fingerprint density at radius 1 is 1.31 bits per heavy atom. The van der Waals surface area contributed by atoms with Gasteiger partial charge in [0.2, 0.25) is 5.91 Å². The van der Waals surface area contributed by atoms with Crippen LogP contribution in [0.2, 0.25) is 0 Å². The molecule has 3 heterocycles. The Morgan fingerprint density at radius 2 is 2.08 bits per heavy atom. The summed E-state index contributed by atoms with van der Waals surface area (Å²) >= 11 is 0. The Bertz CT molecular complexity index is 982. The third-order valence-electron chi connectivity index (χ3n) is 4.76. The Morgan fingerprint density at radius 3 is 2.85 bits per heavy atom. The molecule has 1 fully saturated rings. The van der Waals surface area contributed by atoms with Crippen LogP contribution in [0.4, 0.5) is 5.69 Å². The fourth-order valence-corrected chi connectivity index (χ4v) is 3.41. The summed E-state index contributed by atoms with van der Waals surface area (Å²) in [5.41, 5.74) is 2.68. The Kier molecular flexibility index (Phi) is 3.91. The molecule has 2 unspecified atom stereocenters. The SMILES string of the molecule is Cc1[nH]nc2ncc(C(=O)NC3CC(C)N(c4ccccc4)C3=O)cc12. The van der Waals surface area contributed by atoms with E-state index in [1.165, 1.54) is 6.20 Å². The van der Waals surface area contributed by atoms with Crippen molar-refractivity contribution >= 4 is 28.5 Å². The van der Waals surface area contributed by atoms with Crippen LogP contribution in [-0.4, -0.2) is 39.1 Å². The van der Waals surface area contributed by atoms with Gasteiger partial charge in [-0.25, -0.2) is 4.98 Å². The molecule has 1 saturated heterocycles. The van der Waals surface area contributed by atoms with Crippen molar-refractivity contribution in [3.63, 3.8) is 0 Å². The Labute approximate surface area is 150 Å². The number of para-hydroxylation sites is 1. The van der Waals surface area contributed by atoms with E-state index in [2.05, 4.69) is 20.5 Å². The van der Waals surface area contributed by atoms with Crippen molar-refractivity contribution in [2.24, 2.45) is 0 Å². The molecule has 7 nitrogen and oxygen atoms in total. The first-order chi connectivity index (χ1) is 12.5. The fraction of sp³-hybridized carbons (Fsp3) is 0.263. The third kappa shape index (κ3) is 2.71. The predicted molar refractivity (Wildman–Crippen MR) is 97.9 cm³/mol. The highest BCUT2D eigenvalue weighted by Crippen LogP contribution is 2.26. The molecule has 1 aromatic carbocycles. The van der Waals surface area contributed by atoms with Gasteiger partial charge in [-0.1, -0.05) is 18.2 Å². The van der Waals surface area contributed by atoms with E-state index in [0.29, 0.717) is 17.6 Å². The lowest BCUT2D eigenvalue weighted by molar-refractivity contribution is -0.118. The van der Waals surface area contributed by atoms with Crippen LogP contribution >= 0.6 is 0 Å². The number of pyridine rings is 1. The molecule has 2 N–H and O–H groups in total. The average Bonchev–Trinajstić information content (AvgIpc) is 3.15. The molecule has 132 valence electrons. The van der Waals surface area contributed by atoms with Crippen LogP contribution in [0.15, 0.2) is 42.6 Å². The van der Waals surface area contributed by atoms with Crippen molar-refractivity contribution in [2.75, 3.05) is 4.90 Å². The molecule has 3 aromatic rings. The van der Waals surface area contributed by atoms with Gasteiger partial charge in [0.05, 0.1) is 5.56 Å². The standard InChI is InChI=1S/C19H19N5O2/c1-11-8-16(19(26)24(11)14-6-4-3-5-7-14)21-18(25)13-9-15-12(2)22-23-17(15)20-10-13/h3-7,9-11,16H,8H2,1-2H3,(H,21,25)(H,20,22,23). The van der Waals surface area contributed by atoms with Crippen LogP contribution in [0.5, 0.6) is 0 Å². The maximum absolute atomic E-state index is 12.8. The second kappa shape index (κ2) is 6.25. The van der Waals surface area contributed by atoms with Crippen LogP contribution < -0.4 is 10.2 Å². The molecule has 2 atom stereocenters. The van der Waals surface area contributed by atoms with Gasteiger partial charge in [0.15, 0.2) is 5.65 Å². The van der Waals surface area contributed by atoms with Crippen LogP contribution in [0.25, 0.3) is 11.0 Å². The summed E-state index contributed by atoms with van der Waals surface area (Å²) in [5.74, 6) is -0.397. The van der Waals surface area contributed by atoms with E-state index >= 15 is 0 Å². The van der Waals surface area contributed by atoms with Crippen LogP contribution in [0.1, 0.15) is 29.4 Å². The number of aryl methyl sites for hydroxylation is 1. The maximum Gasteiger partial charge on any atom is 0.253 e. The van der Waals surface area contributed by atoms with Crippen LogP contribution in [-0.2, 0) is 4.79 Å². The highest BCUT2D eigenvalue weighted by atomic mass is 16.2. The van der Waals surface area contributed by atoms with E-state index in [-0.39, 0.29) is 17.9 Å². The number of amides is 2. The lowest BCUT2D eigenvalue weighted by Gasteiger charge is -2.21. The molecule has 7 heteroatoms. The summed E-state index contributed by atoms with van der Waals surface area (Å²) in [6.45, 7) is 3.86. The quantitative estimate of drug-likeness (QED) is 0.758. The first kappa shape index (κ1) is 16.3. The second-order valence-corrected chi connectivity index (χ2v) is 6.60. The van der Waals surface area contributed by atoms with Crippen molar-refractivity contribution in [3.8, 4) is 0 Å². The van der Waals surface area contributed by atoms with E-state index in [1.54, 1.807) is 11.0 Å². The molecule has 0 bridgehead atoms. The zero-order chi connectivity index (χ0) is 18.3. The van der Waals surface area contributed by atoms with Crippen molar-refractivity contribution < 1.29 is 9.59 Å². The maximum atomic E-state index is 12.8. The molecular formula is C19H19N5O2. The molecule has 26 heavy (non-hydrogen) atoms. The number of nitrogens with zero attached hydrogens (tertiary/aromatic N) is 3. The first-order valence-corrected chi connectivity index (χ1v) is 8.54. The number of hydrogen-bond acceptors (Lipinski definition) is 4. The molecule has 0 radical (unpaired) electrons. The molecule has 2 aromatic heterocycles. The first-order valence-electron chi connectivity index (χ1n) is 8.54. The molecule has 1 aliphatic heterocycles. The van der Waals surface area contributed by atoms with E-state index in [0.717, 1.165) is 16.8 Å². The summed E-state index contributed by atoms with van der Waals surface area (Å²) in [7, 11) is 0. The molecule has 0 aliphatic carbocycles. The highest BCUT2D eigenvalue weighted by Gasteiger charge is 2.38. The van der Waals surface area contributed by atoms with Crippen LogP contribution in [0, 0.1) is 6.92 Å². The zero-order valence-corrected chi connectivity index (χ0v) is 14.6. The van der Waals surface area contributed by atoms with E-state index in [9.17, 15) is 9.59 Å². The number of benzene rings is 1. The summed E-state index contributed by atoms with van der Waals surface area (Å²) in [5, 5.41) is 10.6. The summed E-state index contributed by atoms with van der Waals surface area (Å²) in [6.07, 6.45) is 2.05. The number of rotatable bonds is 3. The number of aromatic nitrogens is 3. The van der Waals surface area contributed by atoms with Gasteiger partial charge in [0.1, 0.15) is 6.04 Å². The molecule has 2 amide bonds. The smallest absolute Gasteiger partial charge is 0.253 e. The molecular weight excluding hydrogens is 330 g/mol. The predicted octanol–water partition coefficient (Wildman–Crippen LogP) is 2.19. The molecule has 0 saturated carbocycles. The van der Waals surface area contributed by atoms with Gasteiger partial charge < -0.3 is 10.2 Å². The van der Waals surface area contributed by atoms with Gasteiger partial charge in [0, 0.05) is 29.0 Å². The summed E-state index contributed by atoms with van der Waals surface area (Å²) in [4.78, 5) is 31.3. The largest absolute Gasteiger partial charge is 0.340 e. The minimum Gasteiger partial charge on any atom is -0.340 e. The molecule has 4 rings (SSSR count). The minimum atomic E-state index is -0.543. The molecule has 0 spiro atoms. The van der Waals surface area contributed by atoms with E-state index in [4.69, 9.17) is 0 Å². The van der Waals surface area contributed by atoms with Crippen molar-refractivity contribution in [3.05, 3.63) is 53.9 Å². The van der Waals surface area contributed by atoms with Crippen molar-refractivity contribution in [1.29, 1.82) is 0 Å². The minimum absolute atomic E-state index is 0.0203. The highest BCUT2D eigenvalue weighted by molar-refractivity contribution is 6.05. The normalized spacial score (nSPS) is 19.9. The molecule has 1 aliphatic rings. The number of hydrogen-bond donors (Lipinski definition) is 2. The Hall–Kier alpha value is -3.22. The lowest BCUT2D eigenvalue weighted by Crippen LogP contribution is -2.42. The third-order valence-corrected chi connectivity index (χ3v) is 4.76. The Balaban J connectivity index is 1.54. The number of fused-ring (bicyclic) bond motifs is 1. The topological polar surface area (TPSA) is 91.0 Å². The van der Waals surface area contributed by atoms with Gasteiger partial charge in [-0.05, 0) is 38.5 Å². The zero-order valence-electron chi connectivity index (χ0n) is 14.6. The monoisotopic (exact) mass is 349 g/mol. The average molecular weight is 349 g/mol. The van der Waals surface area contributed by atoms with Gasteiger partial charge in [0.25, 0.3) is 5.91 Å². The number of H-pyrrole nitrogens is 1. The number of nitrogens with one attached hydrogen (secondary N) is 2. The summed E-state index contributed by atoms with van der Waals surface area (Å²) in [6, 6.07) is 10.7. The second-order valence-electron chi connectivity index (χ2n) is 6.60. The lowest BCUT2D eigenvalue weighted by atomic mass is 10.1. The van der Waals surface area contributed by atoms with Gasteiger partial charge in [-0.15, -0.1) is 0 Å². The fourth-order valence-electron chi connectivity index (χ4n) is 3.41.